The second kappa shape index (κ2) is 9.82. The van der Waals surface area contributed by atoms with Crippen LogP contribution in [-0.2, 0) is 24.2 Å². The second-order valence-corrected chi connectivity index (χ2v) is 12.7. The van der Waals surface area contributed by atoms with Crippen molar-refractivity contribution < 1.29 is 27.2 Å². The zero-order valence-electron chi connectivity index (χ0n) is 19.9. The number of carbonyl (C=O) groups is 3. The predicted octanol–water partition coefficient (Wildman–Crippen LogP) is 3.07. The number of halogens is 1. The summed E-state index contributed by atoms with van der Waals surface area (Å²) in [6.45, 7) is 1.06. The first-order valence-electron chi connectivity index (χ1n) is 11.9. The van der Waals surface area contributed by atoms with Crippen LogP contribution in [0.2, 0.25) is 0 Å². The number of rotatable bonds is 9. The lowest BCUT2D eigenvalue weighted by Crippen LogP contribution is -2.41. The van der Waals surface area contributed by atoms with Crippen LogP contribution < -0.4 is 16.0 Å². The third kappa shape index (κ3) is 5.64. The van der Waals surface area contributed by atoms with Crippen molar-refractivity contribution in [3.05, 3.63) is 47.2 Å². The van der Waals surface area contributed by atoms with E-state index in [0.717, 1.165) is 24.2 Å². The van der Waals surface area contributed by atoms with Crippen molar-refractivity contribution in [2.45, 2.75) is 49.1 Å². The first-order valence-corrected chi connectivity index (χ1v) is 14.3. The SMILES string of the molecule is CC(=O)Nc1ccc(-c2cc3sc(C(C(=O)NCC(=O)NC4CC4)S(=O)(=O)C4CC4)nc3cc2F)cc1. The molecule has 3 amide bonds. The molecule has 194 valence electrons. The number of nitrogens with one attached hydrogen (secondary N) is 3. The van der Waals surface area contributed by atoms with Crippen LogP contribution in [0.15, 0.2) is 36.4 Å². The minimum atomic E-state index is -3.90. The number of thiazole rings is 1. The highest BCUT2D eigenvalue weighted by molar-refractivity contribution is 7.93. The largest absolute Gasteiger partial charge is 0.352 e. The molecule has 0 spiro atoms. The molecule has 1 atom stereocenters. The van der Waals surface area contributed by atoms with E-state index in [1.54, 1.807) is 30.3 Å². The number of carbonyl (C=O) groups excluding carboxylic acids is 3. The third-order valence-electron chi connectivity index (χ3n) is 6.16. The summed E-state index contributed by atoms with van der Waals surface area (Å²) < 4.78 is 42.0. The molecule has 0 aliphatic heterocycles. The van der Waals surface area contributed by atoms with Gasteiger partial charge in [-0.25, -0.2) is 17.8 Å². The van der Waals surface area contributed by atoms with Crippen LogP contribution in [0.1, 0.15) is 42.9 Å². The normalized spacial score (nSPS) is 16.3. The number of fused-ring (bicyclic) bond motifs is 1. The van der Waals surface area contributed by atoms with E-state index in [1.165, 1.54) is 13.0 Å². The first kappa shape index (κ1) is 25.3. The van der Waals surface area contributed by atoms with E-state index in [1.807, 2.05) is 0 Å². The minimum Gasteiger partial charge on any atom is -0.352 e. The van der Waals surface area contributed by atoms with Crippen LogP contribution in [0.4, 0.5) is 10.1 Å². The molecular formula is C25H25FN4O5S2. The average Bonchev–Trinajstić information content (AvgIpc) is 3.76. The number of anilines is 1. The van der Waals surface area contributed by atoms with Gasteiger partial charge < -0.3 is 16.0 Å². The van der Waals surface area contributed by atoms with Crippen LogP contribution in [0.5, 0.6) is 0 Å². The number of benzene rings is 2. The Kier molecular flexibility index (Phi) is 6.71. The first-order chi connectivity index (χ1) is 17.6. The second-order valence-electron chi connectivity index (χ2n) is 9.34. The fourth-order valence-electron chi connectivity index (χ4n) is 3.99. The molecule has 2 aliphatic rings. The number of aromatic nitrogens is 1. The van der Waals surface area contributed by atoms with Gasteiger partial charge in [0.05, 0.1) is 22.0 Å². The van der Waals surface area contributed by atoms with Crippen molar-refractivity contribution in [3.63, 3.8) is 0 Å². The molecular weight excluding hydrogens is 519 g/mol. The Morgan fingerprint density at radius 1 is 1.11 bits per heavy atom. The lowest BCUT2D eigenvalue weighted by atomic mass is 10.0. The van der Waals surface area contributed by atoms with Crippen LogP contribution in [0.25, 0.3) is 21.3 Å². The highest BCUT2D eigenvalue weighted by Gasteiger charge is 2.47. The van der Waals surface area contributed by atoms with Crippen LogP contribution >= 0.6 is 11.3 Å². The zero-order valence-corrected chi connectivity index (χ0v) is 21.5. The summed E-state index contributed by atoms with van der Waals surface area (Å²) in [5.41, 5.74) is 1.65. The van der Waals surface area contributed by atoms with Crippen LogP contribution in [0.3, 0.4) is 0 Å². The summed E-state index contributed by atoms with van der Waals surface area (Å²) in [5, 5.41) is 5.68. The molecule has 37 heavy (non-hydrogen) atoms. The maximum Gasteiger partial charge on any atom is 0.245 e. The fraction of sp³-hybridized carbons (Fsp3) is 0.360. The van der Waals surface area contributed by atoms with Gasteiger partial charge in [0.1, 0.15) is 10.8 Å². The van der Waals surface area contributed by atoms with Crippen LogP contribution in [0, 0.1) is 5.82 Å². The Morgan fingerprint density at radius 3 is 2.43 bits per heavy atom. The molecule has 5 rings (SSSR count). The molecule has 1 unspecified atom stereocenters. The minimum absolute atomic E-state index is 0.0413. The van der Waals surface area contributed by atoms with Gasteiger partial charge in [-0.3, -0.25) is 14.4 Å². The summed E-state index contributed by atoms with van der Waals surface area (Å²) in [5.74, 6) is -1.97. The Balaban J connectivity index is 1.44. The Bertz CT molecular complexity index is 1500. The molecule has 3 N–H and O–H groups in total. The molecule has 0 radical (unpaired) electrons. The van der Waals surface area contributed by atoms with Crippen molar-refractivity contribution in [3.8, 4) is 11.1 Å². The van der Waals surface area contributed by atoms with Gasteiger partial charge in [-0.15, -0.1) is 11.3 Å². The monoisotopic (exact) mass is 544 g/mol. The summed E-state index contributed by atoms with van der Waals surface area (Å²) >= 11 is 1.01. The van der Waals surface area contributed by atoms with E-state index in [4.69, 9.17) is 0 Å². The van der Waals surface area contributed by atoms with Gasteiger partial charge >= 0.3 is 0 Å². The van der Waals surface area contributed by atoms with Crippen molar-refractivity contribution >= 4 is 54.8 Å². The van der Waals surface area contributed by atoms with Crippen molar-refractivity contribution in [1.29, 1.82) is 0 Å². The number of hydrogen-bond donors (Lipinski definition) is 3. The van der Waals surface area contributed by atoms with Gasteiger partial charge in [0.15, 0.2) is 15.1 Å². The van der Waals surface area contributed by atoms with Gasteiger partial charge in [0.25, 0.3) is 0 Å². The van der Waals surface area contributed by atoms with E-state index in [-0.39, 0.29) is 40.5 Å². The van der Waals surface area contributed by atoms with E-state index >= 15 is 4.39 Å². The molecule has 2 aliphatic carbocycles. The lowest BCUT2D eigenvalue weighted by molar-refractivity contribution is -0.126. The Hall–Kier alpha value is -3.38. The molecule has 2 fully saturated rings. The number of hydrogen-bond acceptors (Lipinski definition) is 7. The summed E-state index contributed by atoms with van der Waals surface area (Å²) in [6, 6.07) is 9.54. The summed E-state index contributed by atoms with van der Waals surface area (Å²) in [6.07, 6.45) is 2.71. The maximum absolute atomic E-state index is 15.0. The summed E-state index contributed by atoms with van der Waals surface area (Å²) in [4.78, 5) is 40.7. The van der Waals surface area contributed by atoms with E-state index in [2.05, 4.69) is 20.9 Å². The summed E-state index contributed by atoms with van der Waals surface area (Å²) in [7, 11) is -3.90. The topological polar surface area (TPSA) is 134 Å². The lowest BCUT2D eigenvalue weighted by Gasteiger charge is -2.15. The molecule has 2 saturated carbocycles. The molecule has 0 bridgehead atoms. The fourth-order valence-corrected chi connectivity index (χ4v) is 7.40. The van der Waals surface area contributed by atoms with E-state index < -0.39 is 32.1 Å². The Labute approximate surface area is 216 Å². The zero-order chi connectivity index (χ0) is 26.3. The standard InChI is InChI=1S/C25H25FN4O5S2/c1-13(31)28-15-4-2-14(3-5-15)18-10-21-20(11-19(18)26)30-25(36-21)23(37(34,35)17-8-9-17)24(33)27-12-22(32)29-16-6-7-16/h2-5,10-11,16-17,23H,6-9,12H2,1H3,(H,27,33)(H,28,31)(H,29,32). The van der Waals surface area contributed by atoms with E-state index in [0.29, 0.717) is 28.8 Å². The van der Waals surface area contributed by atoms with Crippen molar-refractivity contribution in [2.75, 3.05) is 11.9 Å². The van der Waals surface area contributed by atoms with Gasteiger partial charge in [0, 0.05) is 30.3 Å². The Morgan fingerprint density at radius 2 is 1.81 bits per heavy atom. The molecule has 2 aromatic carbocycles. The smallest absolute Gasteiger partial charge is 0.245 e. The number of nitrogens with zero attached hydrogens (tertiary/aromatic N) is 1. The van der Waals surface area contributed by atoms with Crippen molar-refractivity contribution in [2.24, 2.45) is 0 Å². The molecule has 0 saturated heterocycles. The van der Waals surface area contributed by atoms with Gasteiger partial charge in [-0.1, -0.05) is 12.1 Å². The molecule has 12 heteroatoms. The van der Waals surface area contributed by atoms with Gasteiger partial charge in [-0.2, -0.15) is 0 Å². The molecule has 1 aromatic heterocycles. The average molecular weight is 545 g/mol. The van der Waals surface area contributed by atoms with Gasteiger partial charge in [-0.05, 0) is 49.4 Å². The molecule has 3 aromatic rings. The van der Waals surface area contributed by atoms with Crippen molar-refractivity contribution in [1.82, 2.24) is 15.6 Å². The maximum atomic E-state index is 15.0. The quantitative estimate of drug-likeness (QED) is 0.379. The van der Waals surface area contributed by atoms with E-state index in [9.17, 15) is 22.8 Å². The number of sulfone groups is 1. The highest BCUT2D eigenvalue weighted by Crippen LogP contribution is 2.41. The molecule has 1 heterocycles. The highest BCUT2D eigenvalue weighted by atomic mass is 32.2. The third-order valence-corrected chi connectivity index (χ3v) is 9.88. The predicted molar refractivity (Wildman–Crippen MR) is 138 cm³/mol. The van der Waals surface area contributed by atoms with Gasteiger partial charge in [0.2, 0.25) is 17.7 Å². The van der Waals surface area contributed by atoms with Crippen LogP contribution in [-0.4, -0.2) is 49.0 Å². The number of amides is 3. The molecule has 9 nitrogen and oxygen atoms in total.